The van der Waals surface area contributed by atoms with Gasteiger partial charge in [0.15, 0.2) is 0 Å². The van der Waals surface area contributed by atoms with E-state index in [1.165, 1.54) is 11.3 Å². The molecule has 150 valence electrons. The van der Waals surface area contributed by atoms with E-state index in [1.54, 1.807) is 0 Å². The molecule has 1 aromatic heterocycles. The molecule has 1 aliphatic heterocycles. The Morgan fingerprint density at radius 2 is 2.18 bits per heavy atom. The number of primary amides is 1. The van der Waals surface area contributed by atoms with Gasteiger partial charge in [-0.3, -0.25) is 14.5 Å². The van der Waals surface area contributed by atoms with Crippen molar-refractivity contribution in [2.45, 2.75) is 52.6 Å². The molecule has 2 amide bonds. The summed E-state index contributed by atoms with van der Waals surface area (Å²) < 4.78 is 0. The Morgan fingerprint density at radius 1 is 1.39 bits per heavy atom. The molecule has 2 aromatic rings. The Hall–Kier alpha value is -2.25. The van der Waals surface area contributed by atoms with Crippen LogP contribution in [0.1, 0.15) is 52.6 Å². The van der Waals surface area contributed by atoms with Gasteiger partial charge in [-0.1, -0.05) is 26.0 Å². The lowest BCUT2D eigenvalue weighted by molar-refractivity contribution is -0.122. The standard InChI is InChI=1S/C21H28N4O2S/c1-13(2)10-18-23-14(3)19(28-18)21(27)24-16-7-4-6-15(11-16)12-25-9-5-8-17(25)20(22)26/h4,6-7,11,13,17H,5,8-10,12H2,1-3H3,(H2,22,26)(H,24,27)/t17-/m1/s1. The molecule has 1 saturated heterocycles. The number of hydrogen-bond acceptors (Lipinski definition) is 5. The molecule has 0 aliphatic carbocycles. The second kappa shape index (κ2) is 8.84. The van der Waals surface area contributed by atoms with Crippen LogP contribution in [0.15, 0.2) is 24.3 Å². The second-order valence-corrected chi connectivity index (χ2v) is 8.89. The molecule has 0 bridgehead atoms. The van der Waals surface area contributed by atoms with Crippen molar-refractivity contribution >= 4 is 28.8 Å². The molecule has 28 heavy (non-hydrogen) atoms. The number of thiazole rings is 1. The monoisotopic (exact) mass is 400 g/mol. The summed E-state index contributed by atoms with van der Waals surface area (Å²) in [6.07, 6.45) is 2.67. The predicted octanol–water partition coefficient (Wildman–Crippen LogP) is 3.35. The summed E-state index contributed by atoms with van der Waals surface area (Å²) in [4.78, 5) is 31.6. The Kier molecular flexibility index (Phi) is 6.46. The summed E-state index contributed by atoms with van der Waals surface area (Å²) >= 11 is 1.47. The maximum absolute atomic E-state index is 12.7. The van der Waals surface area contributed by atoms with Crippen molar-refractivity contribution in [3.05, 3.63) is 45.4 Å². The van der Waals surface area contributed by atoms with Gasteiger partial charge in [-0.25, -0.2) is 4.98 Å². The third-order valence-corrected chi connectivity index (χ3v) is 6.07. The van der Waals surface area contributed by atoms with Crippen LogP contribution in [-0.4, -0.2) is 34.3 Å². The smallest absolute Gasteiger partial charge is 0.267 e. The molecule has 1 aromatic carbocycles. The molecular formula is C21H28N4O2S. The highest BCUT2D eigenvalue weighted by Gasteiger charge is 2.28. The lowest BCUT2D eigenvalue weighted by Gasteiger charge is -2.22. The number of aryl methyl sites for hydroxylation is 1. The lowest BCUT2D eigenvalue weighted by Crippen LogP contribution is -2.39. The molecule has 1 fully saturated rings. The largest absolute Gasteiger partial charge is 0.368 e. The van der Waals surface area contributed by atoms with Crippen LogP contribution in [0, 0.1) is 12.8 Å². The van der Waals surface area contributed by atoms with Crippen molar-refractivity contribution in [2.24, 2.45) is 11.7 Å². The van der Waals surface area contributed by atoms with Gasteiger partial charge in [0, 0.05) is 18.7 Å². The maximum atomic E-state index is 12.7. The Bertz CT molecular complexity index is 862. The van der Waals surface area contributed by atoms with E-state index < -0.39 is 0 Å². The van der Waals surface area contributed by atoms with Crippen LogP contribution in [0.25, 0.3) is 0 Å². The topological polar surface area (TPSA) is 88.3 Å². The Balaban J connectivity index is 1.68. The van der Waals surface area contributed by atoms with E-state index >= 15 is 0 Å². The van der Waals surface area contributed by atoms with Crippen LogP contribution in [0.5, 0.6) is 0 Å². The number of nitrogens with zero attached hydrogens (tertiary/aromatic N) is 2. The average Bonchev–Trinajstić information content (AvgIpc) is 3.21. The summed E-state index contributed by atoms with van der Waals surface area (Å²) in [5, 5.41) is 3.98. The number of rotatable bonds is 7. The Labute approximate surface area is 170 Å². The third kappa shape index (κ3) is 4.97. The first kappa shape index (κ1) is 20.5. The van der Waals surface area contributed by atoms with Gasteiger partial charge >= 0.3 is 0 Å². The maximum Gasteiger partial charge on any atom is 0.267 e. The fourth-order valence-electron chi connectivity index (χ4n) is 3.61. The van der Waals surface area contributed by atoms with Crippen LogP contribution in [0.4, 0.5) is 5.69 Å². The average molecular weight is 401 g/mol. The minimum Gasteiger partial charge on any atom is -0.368 e. The van der Waals surface area contributed by atoms with E-state index in [0.29, 0.717) is 17.3 Å². The van der Waals surface area contributed by atoms with Crippen LogP contribution in [-0.2, 0) is 17.8 Å². The van der Waals surface area contributed by atoms with E-state index in [1.807, 2.05) is 31.2 Å². The molecule has 0 spiro atoms. The van der Waals surface area contributed by atoms with Crippen molar-refractivity contribution in [3.63, 3.8) is 0 Å². The molecule has 1 atom stereocenters. The van der Waals surface area contributed by atoms with Gasteiger partial charge < -0.3 is 11.1 Å². The normalized spacial score (nSPS) is 17.2. The van der Waals surface area contributed by atoms with Crippen molar-refractivity contribution in [2.75, 3.05) is 11.9 Å². The summed E-state index contributed by atoms with van der Waals surface area (Å²) in [5.74, 6) is 0.117. The molecule has 7 heteroatoms. The molecule has 1 aliphatic rings. The fourth-order valence-corrected chi connectivity index (χ4v) is 4.78. The number of benzene rings is 1. The summed E-state index contributed by atoms with van der Waals surface area (Å²) in [6.45, 7) is 7.68. The first-order chi connectivity index (χ1) is 13.3. The zero-order chi connectivity index (χ0) is 20.3. The van der Waals surface area contributed by atoms with Crippen LogP contribution >= 0.6 is 11.3 Å². The van der Waals surface area contributed by atoms with Crippen molar-refractivity contribution < 1.29 is 9.59 Å². The van der Waals surface area contributed by atoms with Gasteiger partial charge in [-0.2, -0.15) is 0 Å². The van der Waals surface area contributed by atoms with Gasteiger partial charge in [0.25, 0.3) is 5.91 Å². The summed E-state index contributed by atoms with van der Waals surface area (Å²) in [5.41, 5.74) is 8.07. The number of nitrogens with one attached hydrogen (secondary N) is 1. The zero-order valence-corrected chi connectivity index (χ0v) is 17.5. The van der Waals surface area contributed by atoms with E-state index in [4.69, 9.17) is 5.73 Å². The number of likely N-dealkylation sites (tertiary alicyclic amines) is 1. The molecule has 3 rings (SSSR count). The molecule has 6 nitrogen and oxygen atoms in total. The summed E-state index contributed by atoms with van der Waals surface area (Å²) in [6, 6.07) is 7.56. The summed E-state index contributed by atoms with van der Waals surface area (Å²) in [7, 11) is 0. The number of amides is 2. The first-order valence-corrected chi connectivity index (χ1v) is 10.5. The number of carbonyl (C=O) groups is 2. The number of aromatic nitrogens is 1. The van der Waals surface area contributed by atoms with Gasteiger partial charge in [0.2, 0.25) is 5.91 Å². The van der Waals surface area contributed by atoms with E-state index in [2.05, 4.69) is 29.0 Å². The molecule has 0 radical (unpaired) electrons. The van der Waals surface area contributed by atoms with Gasteiger partial charge in [0.05, 0.1) is 16.7 Å². The molecule has 2 heterocycles. The van der Waals surface area contributed by atoms with E-state index in [0.717, 1.165) is 47.8 Å². The minimum atomic E-state index is -0.264. The SMILES string of the molecule is Cc1nc(CC(C)C)sc1C(=O)Nc1cccc(CN2CCC[C@@H]2C(N)=O)c1. The molecule has 3 N–H and O–H groups in total. The van der Waals surface area contributed by atoms with Crippen molar-refractivity contribution in [1.82, 2.24) is 9.88 Å². The van der Waals surface area contributed by atoms with Crippen LogP contribution < -0.4 is 11.1 Å². The van der Waals surface area contributed by atoms with Crippen LogP contribution in [0.3, 0.4) is 0 Å². The third-order valence-electron chi connectivity index (χ3n) is 4.89. The highest BCUT2D eigenvalue weighted by molar-refractivity contribution is 7.13. The number of anilines is 1. The number of hydrogen-bond donors (Lipinski definition) is 2. The highest BCUT2D eigenvalue weighted by atomic mass is 32.1. The van der Waals surface area contributed by atoms with E-state index in [-0.39, 0.29) is 17.9 Å². The zero-order valence-electron chi connectivity index (χ0n) is 16.7. The Morgan fingerprint density at radius 3 is 2.89 bits per heavy atom. The van der Waals surface area contributed by atoms with Crippen molar-refractivity contribution in [1.29, 1.82) is 0 Å². The van der Waals surface area contributed by atoms with Gasteiger partial charge in [-0.15, -0.1) is 11.3 Å². The van der Waals surface area contributed by atoms with Crippen molar-refractivity contribution in [3.8, 4) is 0 Å². The fraction of sp³-hybridized carbons (Fsp3) is 0.476. The number of nitrogens with two attached hydrogens (primary N) is 1. The highest BCUT2D eigenvalue weighted by Crippen LogP contribution is 2.24. The second-order valence-electron chi connectivity index (χ2n) is 7.81. The number of carbonyl (C=O) groups excluding carboxylic acids is 2. The van der Waals surface area contributed by atoms with Gasteiger partial charge in [0.1, 0.15) is 4.88 Å². The molecule has 0 saturated carbocycles. The lowest BCUT2D eigenvalue weighted by atomic mass is 10.1. The molecule has 0 unspecified atom stereocenters. The van der Waals surface area contributed by atoms with Gasteiger partial charge in [-0.05, 0) is 49.9 Å². The minimum absolute atomic E-state index is 0.127. The molecular weight excluding hydrogens is 372 g/mol. The predicted molar refractivity (Wildman–Crippen MR) is 112 cm³/mol. The van der Waals surface area contributed by atoms with E-state index in [9.17, 15) is 9.59 Å². The first-order valence-electron chi connectivity index (χ1n) is 9.73. The quantitative estimate of drug-likeness (QED) is 0.746. The van der Waals surface area contributed by atoms with Crippen LogP contribution in [0.2, 0.25) is 0 Å².